The lowest BCUT2D eigenvalue weighted by Crippen LogP contribution is -2.36. The van der Waals surface area contributed by atoms with Crippen molar-refractivity contribution >= 4 is 6.09 Å². The summed E-state index contributed by atoms with van der Waals surface area (Å²) in [6.45, 7) is 5.86. The Hall–Kier alpha value is -1.62. The van der Waals surface area contributed by atoms with E-state index in [0.29, 0.717) is 18.7 Å². The highest BCUT2D eigenvalue weighted by molar-refractivity contribution is 5.66. The fourth-order valence-corrected chi connectivity index (χ4v) is 2.01. The number of hydrogen-bond acceptors (Lipinski definition) is 3. The summed E-state index contributed by atoms with van der Waals surface area (Å²) in [5.74, 6) is -0.200. The van der Waals surface area contributed by atoms with Gasteiger partial charge in [0, 0.05) is 24.7 Å². The molecule has 106 valence electrons. The number of halogens is 1. The number of likely N-dealkylation sites (N-methyl/N-ethyl adjacent to an activating group) is 1. The number of alkyl carbamates (subject to hydrolysis) is 1. The minimum absolute atomic E-state index is 0.0364. The van der Waals surface area contributed by atoms with Crippen LogP contribution in [0.25, 0.3) is 0 Å². The van der Waals surface area contributed by atoms with E-state index < -0.39 is 6.09 Å². The maximum absolute atomic E-state index is 13.7. The highest BCUT2D eigenvalue weighted by Gasteiger charge is 2.17. The molecule has 5 heteroatoms. The van der Waals surface area contributed by atoms with Gasteiger partial charge in [0.2, 0.25) is 0 Å². The molecule has 0 radical (unpaired) electrons. The zero-order valence-corrected chi connectivity index (χ0v) is 11.6. The minimum Gasteiger partial charge on any atom is -0.453 e. The molecule has 0 bridgehead atoms. The molecular weight excluding hydrogens is 247 g/mol. The summed E-state index contributed by atoms with van der Waals surface area (Å²) in [6, 6.07) is 6.73. The number of benzene rings is 1. The normalized spacial score (nSPS) is 12.3. The molecule has 0 aromatic heterocycles. The van der Waals surface area contributed by atoms with Crippen molar-refractivity contribution in [1.29, 1.82) is 0 Å². The lowest BCUT2D eigenvalue weighted by atomic mass is 10.1. The Morgan fingerprint density at radius 1 is 1.47 bits per heavy atom. The van der Waals surface area contributed by atoms with Crippen LogP contribution in [0.5, 0.6) is 0 Å². The lowest BCUT2D eigenvalue weighted by Gasteiger charge is -2.28. The van der Waals surface area contributed by atoms with E-state index >= 15 is 0 Å². The van der Waals surface area contributed by atoms with E-state index in [1.54, 1.807) is 12.1 Å². The van der Waals surface area contributed by atoms with Crippen LogP contribution in [0.3, 0.4) is 0 Å². The van der Waals surface area contributed by atoms with Gasteiger partial charge in [-0.15, -0.1) is 0 Å². The van der Waals surface area contributed by atoms with Crippen LogP contribution >= 0.6 is 0 Å². The van der Waals surface area contributed by atoms with E-state index in [2.05, 4.69) is 15.0 Å². The van der Waals surface area contributed by atoms with E-state index in [9.17, 15) is 9.18 Å². The summed E-state index contributed by atoms with van der Waals surface area (Å²) in [4.78, 5) is 13.1. The van der Waals surface area contributed by atoms with Gasteiger partial charge < -0.3 is 10.1 Å². The SMILES string of the molecule is CCN(CCNC(=O)OC)[C@@H](C)c1ccccc1F. The van der Waals surface area contributed by atoms with E-state index in [-0.39, 0.29) is 11.9 Å². The Balaban J connectivity index is 2.59. The van der Waals surface area contributed by atoms with Gasteiger partial charge in [0.1, 0.15) is 5.82 Å². The van der Waals surface area contributed by atoms with E-state index in [1.807, 2.05) is 19.9 Å². The first-order valence-corrected chi connectivity index (χ1v) is 6.40. The van der Waals surface area contributed by atoms with Gasteiger partial charge in [0.25, 0.3) is 0 Å². The fraction of sp³-hybridized carbons (Fsp3) is 0.500. The first-order valence-electron chi connectivity index (χ1n) is 6.40. The number of ether oxygens (including phenoxy) is 1. The van der Waals surface area contributed by atoms with E-state index in [0.717, 1.165) is 6.54 Å². The van der Waals surface area contributed by atoms with Crippen LogP contribution in [-0.2, 0) is 4.74 Å². The maximum atomic E-state index is 13.7. The number of methoxy groups -OCH3 is 1. The van der Waals surface area contributed by atoms with Crippen molar-refractivity contribution in [2.24, 2.45) is 0 Å². The fourth-order valence-electron chi connectivity index (χ4n) is 2.01. The molecule has 0 fully saturated rings. The van der Waals surface area contributed by atoms with Gasteiger partial charge in [-0.3, -0.25) is 4.90 Å². The molecule has 1 rings (SSSR count). The molecule has 0 heterocycles. The predicted octanol–water partition coefficient (Wildman–Crippen LogP) is 2.56. The minimum atomic E-state index is -0.449. The highest BCUT2D eigenvalue weighted by Crippen LogP contribution is 2.21. The summed E-state index contributed by atoms with van der Waals surface area (Å²) in [5, 5.41) is 2.62. The molecule has 0 aliphatic carbocycles. The van der Waals surface area contributed by atoms with Crippen LogP contribution in [0.2, 0.25) is 0 Å². The molecule has 0 spiro atoms. The third kappa shape index (κ3) is 4.52. The second-order valence-corrected chi connectivity index (χ2v) is 4.24. The monoisotopic (exact) mass is 268 g/mol. The molecule has 19 heavy (non-hydrogen) atoms. The number of carbonyl (C=O) groups is 1. The van der Waals surface area contributed by atoms with Gasteiger partial charge in [-0.25, -0.2) is 9.18 Å². The van der Waals surface area contributed by atoms with Gasteiger partial charge in [-0.1, -0.05) is 25.1 Å². The first-order chi connectivity index (χ1) is 9.10. The number of nitrogens with zero attached hydrogens (tertiary/aromatic N) is 1. The van der Waals surface area contributed by atoms with Crippen molar-refractivity contribution in [3.8, 4) is 0 Å². The summed E-state index contributed by atoms with van der Waals surface area (Å²) in [5.41, 5.74) is 0.669. The largest absolute Gasteiger partial charge is 0.453 e. The number of rotatable bonds is 6. The third-order valence-corrected chi connectivity index (χ3v) is 3.16. The Kier molecular flexibility index (Phi) is 6.29. The predicted molar refractivity (Wildman–Crippen MR) is 72.5 cm³/mol. The van der Waals surface area contributed by atoms with Gasteiger partial charge in [-0.05, 0) is 19.5 Å². The average molecular weight is 268 g/mol. The molecule has 0 unspecified atom stereocenters. The lowest BCUT2D eigenvalue weighted by molar-refractivity contribution is 0.165. The summed E-state index contributed by atoms with van der Waals surface area (Å²) in [6.07, 6.45) is -0.449. The van der Waals surface area contributed by atoms with E-state index in [1.165, 1.54) is 13.2 Å². The summed E-state index contributed by atoms with van der Waals surface area (Å²) in [7, 11) is 1.33. The quantitative estimate of drug-likeness (QED) is 0.862. The number of carbonyl (C=O) groups excluding carboxylic acids is 1. The van der Waals surface area contributed by atoms with Gasteiger partial charge >= 0.3 is 6.09 Å². The zero-order chi connectivity index (χ0) is 14.3. The summed E-state index contributed by atoms with van der Waals surface area (Å²) >= 11 is 0. The molecule has 1 N–H and O–H groups in total. The zero-order valence-electron chi connectivity index (χ0n) is 11.6. The molecule has 0 saturated carbocycles. The van der Waals surface area contributed by atoms with Crippen molar-refractivity contribution in [1.82, 2.24) is 10.2 Å². The van der Waals surface area contributed by atoms with Crippen LogP contribution in [0, 0.1) is 5.82 Å². The maximum Gasteiger partial charge on any atom is 0.406 e. The van der Waals surface area contributed by atoms with Crippen molar-refractivity contribution in [2.75, 3.05) is 26.7 Å². The topological polar surface area (TPSA) is 41.6 Å². The van der Waals surface area contributed by atoms with Gasteiger partial charge in [0.15, 0.2) is 0 Å². The van der Waals surface area contributed by atoms with Crippen LogP contribution in [0.1, 0.15) is 25.5 Å². The van der Waals surface area contributed by atoms with Crippen molar-refractivity contribution < 1.29 is 13.9 Å². The smallest absolute Gasteiger partial charge is 0.406 e. The van der Waals surface area contributed by atoms with Crippen LogP contribution in [0.15, 0.2) is 24.3 Å². The molecule has 1 aromatic rings. The number of hydrogen-bond donors (Lipinski definition) is 1. The van der Waals surface area contributed by atoms with Gasteiger partial charge in [0.05, 0.1) is 7.11 Å². The molecule has 4 nitrogen and oxygen atoms in total. The molecule has 1 aromatic carbocycles. The van der Waals surface area contributed by atoms with Crippen molar-refractivity contribution in [2.45, 2.75) is 19.9 Å². The van der Waals surface area contributed by atoms with Crippen LogP contribution < -0.4 is 5.32 Å². The number of nitrogens with one attached hydrogen (secondary N) is 1. The summed E-state index contributed by atoms with van der Waals surface area (Å²) < 4.78 is 18.2. The second kappa shape index (κ2) is 7.74. The molecule has 0 aliphatic heterocycles. The standard InChI is InChI=1S/C14H21FN2O2/c1-4-17(10-9-16-14(18)19-3)11(2)12-7-5-6-8-13(12)15/h5-8,11H,4,9-10H2,1-3H3,(H,16,18)/t11-/m0/s1. The Morgan fingerprint density at radius 2 is 2.16 bits per heavy atom. The Bertz CT molecular complexity index is 412. The van der Waals surface area contributed by atoms with Gasteiger partial charge in [-0.2, -0.15) is 0 Å². The second-order valence-electron chi connectivity index (χ2n) is 4.24. The van der Waals surface area contributed by atoms with Crippen LogP contribution in [-0.4, -0.2) is 37.7 Å². The molecular formula is C14H21FN2O2. The molecule has 1 atom stereocenters. The third-order valence-electron chi connectivity index (χ3n) is 3.16. The molecule has 0 aliphatic rings. The Morgan fingerprint density at radius 3 is 2.74 bits per heavy atom. The molecule has 1 amide bonds. The van der Waals surface area contributed by atoms with Crippen molar-refractivity contribution in [3.63, 3.8) is 0 Å². The molecule has 0 saturated heterocycles. The first kappa shape index (κ1) is 15.4. The van der Waals surface area contributed by atoms with Crippen LogP contribution in [0.4, 0.5) is 9.18 Å². The van der Waals surface area contributed by atoms with E-state index in [4.69, 9.17) is 0 Å². The Labute approximate surface area is 113 Å². The average Bonchev–Trinajstić information content (AvgIpc) is 2.43. The number of amides is 1. The van der Waals surface area contributed by atoms with Crippen molar-refractivity contribution in [3.05, 3.63) is 35.6 Å². The highest BCUT2D eigenvalue weighted by atomic mass is 19.1.